The summed E-state index contributed by atoms with van der Waals surface area (Å²) in [5.41, 5.74) is -0.887. The normalized spacial score (nSPS) is 13.6. The van der Waals surface area contributed by atoms with Crippen LogP contribution in [0, 0.1) is 5.82 Å². The average Bonchev–Trinajstić information content (AvgIpc) is 2.15. The van der Waals surface area contributed by atoms with Crippen LogP contribution in [0.4, 0.5) is 17.3 Å². The molecule has 0 amide bonds. The van der Waals surface area contributed by atoms with Gasteiger partial charge in [0.05, 0.1) is 11.9 Å². The van der Waals surface area contributed by atoms with E-state index in [0.29, 0.717) is 12.5 Å². The van der Waals surface area contributed by atoms with E-state index < -0.39 is 24.0 Å². The molecule has 90 valence electrons. The predicted octanol–water partition coefficient (Wildman–Crippen LogP) is 3.06. The second-order valence-corrected chi connectivity index (χ2v) is 3.59. The molecule has 0 aliphatic rings. The molecule has 0 saturated heterocycles. The van der Waals surface area contributed by atoms with Gasteiger partial charge >= 0.3 is 6.98 Å². The number of benzene rings is 1. The fraction of sp³-hybridized carbons (Fsp3) is 0.400. The van der Waals surface area contributed by atoms with Crippen molar-refractivity contribution in [1.82, 2.24) is 0 Å². The van der Waals surface area contributed by atoms with E-state index in [1.165, 1.54) is 0 Å². The number of hydrogen-bond donors (Lipinski definition) is 0. The molecule has 0 fully saturated rings. The van der Waals surface area contributed by atoms with E-state index in [9.17, 15) is 17.3 Å². The van der Waals surface area contributed by atoms with Crippen LogP contribution in [0.25, 0.3) is 0 Å². The van der Waals surface area contributed by atoms with Crippen molar-refractivity contribution in [3.8, 4) is 5.75 Å². The first-order chi connectivity index (χ1) is 7.34. The summed E-state index contributed by atoms with van der Waals surface area (Å²) in [5, 5.41) is 0. The SMILES string of the molecule is CCC(C)Oc1cc(F)ccc1[B-](F)(F)F. The Bertz CT molecular complexity index is 364. The molecule has 1 aromatic carbocycles. The lowest BCUT2D eigenvalue weighted by Gasteiger charge is -2.22. The first-order valence-electron chi connectivity index (χ1n) is 5.00. The fourth-order valence-corrected chi connectivity index (χ4v) is 1.18. The van der Waals surface area contributed by atoms with Gasteiger partial charge < -0.3 is 17.7 Å². The molecule has 1 nitrogen and oxygen atoms in total. The van der Waals surface area contributed by atoms with Crippen molar-refractivity contribution in [3.05, 3.63) is 24.0 Å². The molecule has 0 N–H and O–H groups in total. The molecule has 1 rings (SSSR count). The Morgan fingerprint density at radius 2 is 1.94 bits per heavy atom. The van der Waals surface area contributed by atoms with Crippen LogP contribution in [0.3, 0.4) is 0 Å². The molecule has 1 atom stereocenters. The van der Waals surface area contributed by atoms with Crippen LogP contribution in [-0.2, 0) is 0 Å². The first-order valence-corrected chi connectivity index (χ1v) is 5.00. The van der Waals surface area contributed by atoms with Gasteiger partial charge in [0, 0.05) is 6.07 Å². The molecule has 0 bridgehead atoms. The van der Waals surface area contributed by atoms with Gasteiger partial charge in [0.2, 0.25) is 0 Å². The van der Waals surface area contributed by atoms with Gasteiger partial charge in [0.25, 0.3) is 0 Å². The van der Waals surface area contributed by atoms with Gasteiger partial charge in [-0.1, -0.05) is 18.5 Å². The molecule has 1 aromatic rings. The van der Waals surface area contributed by atoms with Crippen molar-refractivity contribution in [2.24, 2.45) is 0 Å². The van der Waals surface area contributed by atoms with Crippen molar-refractivity contribution < 1.29 is 22.1 Å². The van der Waals surface area contributed by atoms with Crippen molar-refractivity contribution in [2.75, 3.05) is 0 Å². The van der Waals surface area contributed by atoms with Crippen LogP contribution < -0.4 is 10.2 Å². The van der Waals surface area contributed by atoms with Crippen LogP contribution in [0.1, 0.15) is 20.3 Å². The van der Waals surface area contributed by atoms with Crippen LogP contribution in [0.5, 0.6) is 5.75 Å². The molecule has 1 unspecified atom stereocenters. The number of rotatable bonds is 4. The summed E-state index contributed by atoms with van der Waals surface area (Å²) in [7, 11) is 0. The minimum absolute atomic E-state index is 0.376. The fourth-order valence-electron chi connectivity index (χ4n) is 1.18. The molecule has 0 aromatic heterocycles. The molecule has 0 saturated carbocycles. The predicted molar refractivity (Wildman–Crippen MR) is 55.5 cm³/mol. The van der Waals surface area contributed by atoms with Crippen LogP contribution in [-0.4, -0.2) is 13.1 Å². The highest BCUT2D eigenvalue weighted by molar-refractivity contribution is 6.74. The Balaban J connectivity index is 3.09. The van der Waals surface area contributed by atoms with Gasteiger partial charge in [-0.2, -0.15) is 0 Å². The third kappa shape index (κ3) is 3.15. The maximum atomic E-state index is 12.8. The van der Waals surface area contributed by atoms with E-state index in [1.54, 1.807) is 13.8 Å². The molecule has 0 radical (unpaired) electrons. The van der Waals surface area contributed by atoms with Crippen molar-refractivity contribution in [3.63, 3.8) is 0 Å². The smallest absolute Gasteiger partial charge is 0.494 e. The van der Waals surface area contributed by atoms with E-state index >= 15 is 0 Å². The summed E-state index contributed by atoms with van der Waals surface area (Å²) in [6.45, 7) is -1.76. The van der Waals surface area contributed by atoms with Gasteiger partial charge in [-0.3, -0.25) is 0 Å². The average molecular weight is 235 g/mol. The third-order valence-electron chi connectivity index (χ3n) is 2.23. The van der Waals surface area contributed by atoms with Gasteiger partial charge in [0.1, 0.15) is 5.82 Å². The molecular formula is C10H12BF4O-. The first kappa shape index (κ1) is 12.9. The Kier molecular flexibility index (Phi) is 3.83. The topological polar surface area (TPSA) is 9.23 Å². The van der Waals surface area contributed by atoms with Gasteiger partial charge in [-0.25, -0.2) is 4.39 Å². The minimum atomic E-state index is -5.18. The van der Waals surface area contributed by atoms with Crippen LogP contribution in [0.15, 0.2) is 18.2 Å². The zero-order valence-electron chi connectivity index (χ0n) is 9.01. The highest BCUT2D eigenvalue weighted by atomic mass is 19.4. The summed E-state index contributed by atoms with van der Waals surface area (Å²) < 4.78 is 55.7. The lowest BCUT2D eigenvalue weighted by molar-refractivity contribution is 0.217. The molecule has 6 heteroatoms. The van der Waals surface area contributed by atoms with Gasteiger partial charge in [0.15, 0.2) is 0 Å². The Labute approximate surface area is 91.5 Å². The molecule has 0 heterocycles. The molecule has 0 aliphatic carbocycles. The minimum Gasteiger partial charge on any atom is -0.494 e. The Hall–Kier alpha value is -1.20. The van der Waals surface area contributed by atoms with Gasteiger partial charge in [-0.15, -0.1) is 0 Å². The number of ether oxygens (including phenoxy) is 1. The van der Waals surface area contributed by atoms with E-state index in [1.807, 2.05) is 0 Å². The molecule has 0 spiro atoms. The van der Waals surface area contributed by atoms with Crippen molar-refractivity contribution in [1.29, 1.82) is 0 Å². The van der Waals surface area contributed by atoms with E-state index in [-0.39, 0.29) is 6.10 Å². The maximum absolute atomic E-state index is 12.8. The third-order valence-corrected chi connectivity index (χ3v) is 2.23. The maximum Gasteiger partial charge on any atom is 0.513 e. The van der Waals surface area contributed by atoms with Gasteiger partial charge in [-0.05, 0) is 19.4 Å². The summed E-state index contributed by atoms with van der Waals surface area (Å²) >= 11 is 0. The Morgan fingerprint density at radius 1 is 1.31 bits per heavy atom. The van der Waals surface area contributed by atoms with E-state index in [0.717, 1.165) is 12.1 Å². The summed E-state index contributed by atoms with van der Waals surface area (Å²) in [4.78, 5) is 0. The monoisotopic (exact) mass is 235 g/mol. The number of halogens is 4. The lowest BCUT2D eigenvalue weighted by Crippen LogP contribution is -2.36. The number of hydrogen-bond acceptors (Lipinski definition) is 1. The highest BCUT2D eigenvalue weighted by Gasteiger charge is 2.29. The summed E-state index contributed by atoms with van der Waals surface area (Å²) in [6.07, 6.45) is 0.180. The lowest BCUT2D eigenvalue weighted by atomic mass is 9.79. The molecular weight excluding hydrogens is 223 g/mol. The van der Waals surface area contributed by atoms with Crippen molar-refractivity contribution in [2.45, 2.75) is 26.4 Å². The highest BCUT2D eigenvalue weighted by Crippen LogP contribution is 2.20. The van der Waals surface area contributed by atoms with E-state index in [4.69, 9.17) is 4.74 Å². The molecule has 0 aliphatic heterocycles. The quantitative estimate of drug-likeness (QED) is 0.575. The standard InChI is InChI=1S/C10H12BF4O/c1-3-7(2)16-10-6-8(12)4-5-9(10)11(13,14)15/h4-7H,3H2,1-2H3/q-1. The zero-order chi connectivity index (χ0) is 12.3. The Morgan fingerprint density at radius 3 is 2.44 bits per heavy atom. The largest absolute Gasteiger partial charge is 0.513 e. The van der Waals surface area contributed by atoms with E-state index in [2.05, 4.69) is 0 Å². The summed E-state index contributed by atoms with van der Waals surface area (Å²) in [6, 6.07) is 2.28. The van der Waals surface area contributed by atoms with Crippen molar-refractivity contribution >= 4 is 12.4 Å². The second-order valence-electron chi connectivity index (χ2n) is 3.59. The van der Waals surface area contributed by atoms with Crippen LogP contribution >= 0.6 is 0 Å². The zero-order valence-corrected chi connectivity index (χ0v) is 9.01. The second kappa shape index (κ2) is 4.76. The van der Waals surface area contributed by atoms with Crippen LogP contribution in [0.2, 0.25) is 0 Å². The molecule has 16 heavy (non-hydrogen) atoms. The summed E-state index contributed by atoms with van der Waals surface area (Å²) in [5.74, 6) is -1.16.